The number of hydrogen-bond acceptors (Lipinski definition) is 4. The van der Waals surface area contributed by atoms with E-state index < -0.39 is 0 Å². The summed E-state index contributed by atoms with van der Waals surface area (Å²) in [4.78, 5) is 11.8. The maximum atomic E-state index is 4.47. The number of pyridine rings is 1. The number of aromatic nitrogens is 1. The molecule has 0 radical (unpaired) electrons. The van der Waals surface area contributed by atoms with Crippen LogP contribution < -0.4 is 0 Å². The van der Waals surface area contributed by atoms with Crippen molar-refractivity contribution in [2.75, 3.05) is 53.4 Å². The van der Waals surface area contributed by atoms with E-state index in [9.17, 15) is 0 Å². The molecule has 1 aliphatic rings. The largest absolute Gasteiger partial charge is 0.304 e. The van der Waals surface area contributed by atoms with Crippen molar-refractivity contribution in [3.05, 3.63) is 29.6 Å². The second kappa shape index (κ2) is 7.72. The van der Waals surface area contributed by atoms with Gasteiger partial charge < -0.3 is 14.7 Å². The summed E-state index contributed by atoms with van der Waals surface area (Å²) in [5, 5.41) is 0. The van der Waals surface area contributed by atoms with Crippen LogP contribution in [-0.4, -0.2) is 73.0 Å². The van der Waals surface area contributed by atoms with Crippen molar-refractivity contribution >= 4 is 0 Å². The standard InChI is InChI=1S/C16H28N4/c1-15-6-4-7-17-16(15)14-19(3)8-5-9-20-12-10-18(2)11-13-20/h4,6-7H,5,8-14H2,1-3H3. The number of likely N-dealkylation sites (N-methyl/N-ethyl adjacent to an activating group) is 1. The highest BCUT2D eigenvalue weighted by molar-refractivity contribution is 5.17. The van der Waals surface area contributed by atoms with Crippen LogP contribution in [0.1, 0.15) is 17.7 Å². The van der Waals surface area contributed by atoms with Crippen LogP contribution in [0.5, 0.6) is 0 Å². The summed E-state index contributed by atoms with van der Waals surface area (Å²) in [6.07, 6.45) is 3.13. The van der Waals surface area contributed by atoms with E-state index in [4.69, 9.17) is 0 Å². The highest BCUT2D eigenvalue weighted by Gasteiger charge is 2.13. The third kappa shape index (κ3) is 4.85. The molecule has 0 aliphatic carbocycles. The van der Waals surface area contributed by atoms with Crippen LogP contribution in [0.15, 0.2) is 18.3 Å². The molecule has 0 aromatic carbocycles. The van der Waals surface area contributed by atoms with Crippen molar-refractivity contribution in [1.82, 2.24) is 19.7 Å². The van der Waals surface area contributed by atoms with Gasteiger partial charge in [-0.3, -0.25) is 4.98 Å². The average Bonchev–Trinajstić information content (AvgIpc) is 2.44. The van der Waals surface area contributed by atoms with E-state index in [2.05, 4.69) is 46.8 Å². The van der Waals surface area contributed by atoms with Crippen molar-refractivity contribution in [1.29, 1.82) is 0 Å². The molecule has 1 aromatic heterocycles. The van der Waals surface area contributed by atoms with Crippen molar-refractivity contribution in [2.45, 2.75) is 19.9 Å². The van der Waals surface area contributed by atoms with Crippen LogP contribution >= 0.6 is 0 Å². The molecule has 0 saturated carbocycles. The van der Waals surface area contributed by atoms with Crippen LogP contribution in [0.25, 0.3) is 0 Å². The monoisotopic (exact) mass is 276 g/mol. The Bertz CT molecular complexity index is 399. The quantitative estimate of drug-likeness (QED) is 0.784. The van der Waals surface area contributed by atoms with Crippen molar-refractivity contribution in [2.24, 2.45) is 0 Å². The minimum Gasteiger partial charge on any atom is -0.304 e. The molecule has 0 bridgehead atoms. The van der Waals surface area contributed by atoms with E-state index in [1.807, 2.05) is 12.3 Å². The zero-order chi connectivity index (χ0) is 14.4. The van der Waals surface area contributed by atoms with E-state index in [1.54, 1.807) is 0 Å². The topological polar surface area (TPSA) is 22.6 Å². The molecule has 0 N–H and O–H groups in total. The molecular weight excluding hydrogens is 248 g/mol. The Morgan fingerprint density at radius 2 is 2.00 bits per heavy atom. The molecule has 0 atom stereocenters. The molecule has 112 valence electrons. The molecule has 0 spiro atoms. The Morgan fingerprint density at radius 1 is 1.25 bits per heavy atom. The van der Waals surface area contributed by atoms with Crippen LogP contribution in [0.2, 0.25) is 0 Å². The lowest BCUT2D eigenvalue weighted by Gasteiger charge is -2.32. The van der Waals surface area contributed by atoms with E-state index in [1.165, 1.54) is 50.4 Å². The molecule has 4 heteroatoms. The van der Waals surface area contributed by atoms with Gasteiger partial charge in [-0.1, -0.05) is 6.07 Å². The maximum absolute atomic E-state index is 4.47. The van der Waals surface area contributed by atoms with E-state index >= 15 is 0 Å². The molecule has 2 heterocycles. The fraction of sp³-hybridized carbons (Fsp3) is 0.688. The lowest BCUT2D eigenvalue weighted by Crippen LogP contribution is -2.45. The number of aryl methyl sites for hydroxylation is 1. The fourth-order valence-corrected chi connectivity index (χ4v) is 2.65. The molecule has 1 fully saturated rings. The molecule has 1 aliphatic heterocycles. The molecule has 0 unspecified atom stereocenters. The SMILES string of the molecule is Cc1cccnc1CN(C)CCCN1CCN(C)CC1. The number of piperazine rings is 1. The summed E-state index contributed by atoms with van der Waals surface area (Å²) < 4.78 is 0. The lowest BCUT2D eigenvalue weighted by atomic mass is 10.2. The molecule has 4 nitrogen and oxygen atoms in total. The Kier molecular flexibility index (Phi) is 5.95. The Morgan fingerprint density at radius 3 is 2.70 bits per heavy atom. The highest BCUT2D eigenvalue weighted by Crippen LogP contribution is 2.07. The van der Waals surface area contributed by atoms with Gasteiger partial charge in [-0.15, -0.1) is 0 Å². The first-order valence-corrected chi connectivity index (χ1v) is 7.65. The Balaban J connectivity index is 1.65. The Labute approximate surface area is 123 Å². The first-order chi connectivity index (χ1) is 9.65. The summed E-state index contributed by atoms with van der Waals surface area (Å²) in [5.74, 6) is 0. The van der Waals surface area contributed by atoms with Crippen molar-refractivity contribution in [3.8, 4) is 0 Å². The number of rotatable bonds is 6. The predicted octanol–water partition coefficient (Wildman–Crippen LogP) is 1.46. The minimum absolute atomic E-state index is 0.954. The maximum Gasteiger partial charge on any atom is 0.0572 e. The van der Waals surface area contributed by atoms with Gasteiger partial charge in [0.15, 0.2) is 0 Å². The molecule has 1 aromatic rings. The van der Waals surface area contributed by atoms with Gasteiger partial charge in [0.1, 0.15) is 0 Å². The molecule has 20 heavy (non-hydrogen) atoms. The average molecular weight is 276 g/mol. The Hall–Kier alpha value is -0.970. The molecule has 2 rings (SSSR count). The van der Waals surface area contributed by atoms with Crippen molar-refractivity contribution in [3.63, 3.8) is 0 Å². The summed E-state index contributed by atoms with van der Waals surface area (Å²) in [5.41, 5.74) is 2.49. The second-order valence-corrected chi connectivity index (χ2v) is 6.00. The van der Waals surface area contributed by atoms with Crippen LogP contribution in [-0.2, 0) is 6.54 Å². The van der Waals surface area contributed by atoms with Gasteiger partial charge in [0.25, 0.3) is 0 Å². The van der Waals surface area contributed by atoms with Gasteiger partial charge in [-0.2, -0.15) is 0 Å². The predicted molar refractivity (Wildman–Crippen MR) is 83.9 cm³/mol. The number of hydrogen-bond donors (Lipinski definition) is 0. The third-order valence-corrected chi connectivity index (χ3v) is 4.15. The van der Waals surface area contributed by atoms with Crippen LogP contribution in [0, 0.1) is 6.92 Å². The smallest absolute Gasteiger partial charge is 0.0572 e. The summed E-state index contributed by atoms with van der Waals surface area (Å²) in [6.45, 7) is 10.3. The number of nitrogens with zero attached hydrogens (tertiary/aromatic N) is 4. The minimum atomic E-state index is 0.954. The van der Waals surface area contributed by atoms with E-state index in [-0.39, 0.29) is 0 Å². The summed E-state index contributed by atoms with van der Waals surface area (Å²) in [7, 11) is 4.40. The zero-order valence-electron chi connectivity index (χ0n) is 13.2. The van der Waals surface area contributed by atoms with Gasteiger partial charge >= 0.3 is 0 Å². The normalized spacial score (nSPS) is 17.8. The van der Waals surface area contributed by atoms with E-state index in [0.29, 0.717) is 0 Å². The molecule has 1 saturated heterocycles. The first kappa shape index (κ1) is 15.4. The van der Waals surface area contributed by atoms with Gasteiger partial charge in [0.2, 0.25) is 0 Å². The van der Waals surface area contributed by atoms with E-state index in [0.717, 1.165) is 13.1 Å². The van der Waals surface area contributed by atoms with Gasteiger partial charge in [-0.05, 0) is 52.2 Å². The van der Waals surface area contributed by atoms with Crippen LogP contribution in [0.4, 0.5) is 0 Å². The first-order valence-electron chi connectivity index (χ1n) is 7.65. The summed E-state index contributed by atoms with van der Waals surface area (Å²) >= 11 is 0. The third-order valence-electron chi connectivity index (χ3n) is 4.15. The van der Waals surface area contributed by atoms with Crippen LogP contribution in [0.3, 0.4) is 0 Å². The van der Waals surface area contributed by atoms with Gasteiger partial charge in [0.05, 0.1) is 5.69 Å². The lowest BCUT2D eigenvalue weighted by molar-refractivity contribution is 0.147. The van der Waals surface area contributed by atoms with Crippen molar-refractivity contribution < 1.29 is 0 Å². The summed E-state index contributed by atoms with van der Waals surface area (Å²) in [6, 6.07) is 4.15. The second-order valence-electron chi connectivity index (χ2n) is 6.00. The zero-order valence-corrected chi connectivity index (χ0v) is 13.2. The van der Waals surface area contributed by atoms with Gasteiger partial charge in [0, 0.05) is 38.9 Å². The fourth-order valence-electron chi connectivity index (χ4n) is 2.65. The molecular formula is C16H28N4. The molecule has 0 amide bonds. The van der Waals surface area contributed by atoms with Gasteiger partial charge in [-0.25, -0.2) is 0 Å². The highest BCUT2D eigenvalue weighted by atomic mass is 15.2.